The predicted octanol–water partition coefficient (Wildman–Crippen LogP) is 2.21. The molecule has 3 N–H and O–H groups in total. The van der Waals surface area contributed by atoms with Crippen molar-refractivity contribution in [3.8, 4) is 0 Å². The lowest BCUT2D eigenvalue weighted by atomic mass is 10.3. The number of aromatic nitrogens is 4. The van der Waals surface area contributed by atoms with Gasteiger partial charge in [0.1, 0.15) is 21.8 Å². The van der Waals surface area contributed by atoms with E-state index in [1.165, 1.54) is 17.8 Å². The number of anilines is 1. The highest BCUT2D eigenvalue weighted by Crippen LogP contribution is 2.29. The molecule has 0 fully saturated rings. The van der Waals surface area contributed by atoms with Crippen LogP contribution in [0.1, 0.15) is 24.7 Å². The molecule has 0 radical (unpaired) electrons. The molecule has 0 aliphatic carbocycles. The van der Waals surface area contributed by atoms with Crippen molar-refractivity contribution in [1.29, 1.82) is 0 Å². The minimum atomic E-state index is -0.299. The number of aromatic amines is 1. The van der Waals surface area contributed by atoms with Crippen LogP contribution in [0.25, 0.3) is 0 Å². The van der Waals surface area contributed by atoms with Gasteiger partial charge in [-0.25, -0.2) is 15.0 Å². The van der Waals surface area contributed by atoms with Gasteiger partial charge in [0.05, 0.1) is 0 Å². The van der Waals surface area contributed by atoms with Gasteiger partial charge in [0.15, 0.2) is 5.16 Å². The molecule has 2 rings (SSSR count). The first-order valence-electron chi connectivity index (χ1n) is 6.07. The molecule has 0 spiro atoms. The topological polar surface area (TPSA) is 97.5 Å². The Bertz CT molecular complexity index is 688. The Balaban J connectivity index is 2.39. The van der Waals surface area contributed by atoms with Crippen LogP contribution in [-0.4, -0.2) is 19.9 Å². The maximum Gasteiger partial charge on any atom is 0.253 e. The molecule has 2 aromatic heterocycles. The third-order valence-electron chi connectivity index (χ3n) is 2.49. The van der Waals surface area contributed by atoms with Crippen LogP contribution < -0.4 is 11.3 Å². The maximum absolute atomic E-state index is 11.4. The molecule has 0 aromatic carbocycles. The van der Waals surface area contributed by atoms with Gasteiger partial charge in [0.25, 0.3) is 5.56 Å². The average Bonchev–Trinajstić information content (AvgIpc) is 2.34. The summed E-state index contributed by atoms with van der Waals surface area (Å²) in [6, 6.07) is 1.23. The average molecular weight is 312 g/mol. The van der Waals surface area contributed by atoms with Crippen LogP contribution in [0.15, 0.2) is 21.0 Å². The standard InChI is InChI=1S/C12H14ClN5OS/c1-3-4-8-16-10(13)6(2)11(17-8)20-12-15-7(14)5-9(19)18-12/h5H,3-4H2,1-2H3,(H3,14,15,18,19). The molecule has 8 heteroatoms. The molecule has 0 saturated carbocycles. The molecule has 0 amide bonds. The zero-order valence-electron chi connectivity index (χ0n) is 11.1. The van der Waals surface area contributed by atoms with E-state index in [1.54, 1.807) is 0 Å². The van der Waals surface area contributed by atoms with E-state index in [-0.39, 0.29) is 11.4 Å². The van der Waals surface area contributed by atoms with Crippen LogP contribution in [0, 0.1) is 6.92 Å². The molecule has 0 saturated heterocycles. The Morgan fingerprint density at radius 1 is 1.40 bits per heavy atom. The van der Waals surface area contributed by atoms with Crippen molar-refractivity contribution in [2.75, 3.05) is 5.73 Å². The molecule has 0 atom stereocenters. The largest absolute Gasteiger partial charge is 0.383 e. The van der Waals surface area contributed by atoms with E-state index in [0.717, 1.165) is 18.4 Å². The molecule has 0 unspecified atom stereocenters. The van der Waals surface area contributed by atoms with Gasteiger partial charge in [-0.15, -0.1) is 0 Å². The number of hydrogen-bond donors (Lipinski definition) is 2. The Hall–Kier alpha value is -1.60. The first-order valence-corrected chi connectivity index (χ1v) is 7.26. The Morgan fingerprint density at radius 2 is 2.15 bits per heavy atom. The van der Waals surface area contributed by atoms with E-state index in [1.807, 2.05) is 13.8 Å². The number of hydrogen-bond acceptors (Lipinski definition) is 6. The molecular formula is C12H14ClN5OS. The van der Waals surface area contributed by atoms with Crippen LogP contribution in [-0.2, 0) is 6.42 Å². The molecule has 6 nitrogen and oxygen atoms in total. The molecular weight excluding hydrogens is 298 g/mol. The quantitative estimate of drug-likeness (QED) is 0.663. The van der Waals surface area contributed by atoms with E-state index >= 15 is 0 Å². The third kappa shape index (κ3) is 3.49. The Labute approximate surface area is 125 Å². The number of halogens is 1. The molecule has 0 aliphatic rings. The lowest BCUT2D eigenvalue weighted by molar-refractivity contribution is 0.800. The minimum Gasteiger partial charge on any atom is -0.383 e. The summed E-state index contributed by atoms with van der Waals surface area (Å²) in [4.78, 5) is 26.7. The third-order valence-corrected chi connectivity index (χ3v) is 3.84. The zero-order valence-corrected chi connectivity index (χ0v) is 12.7. The van der Waals surface area contributed by atoms with Crippen LogP contribution in [0.5, 0.6) is 0 Å². The van der Waals surface area contributed by atoms with Gasteiger partial charge in [-0.1, -0.05) is 18.5 Å². The zero-order chi connectivity index (χ0) is 14.7. The molecule has 106 valence electrons. The van der Waals surface area contributed by atoms with Gasteiger partial charge in [-0.2, -0.15) is 0 Å². The first-order chi connectivity index (χ1) is 9.49. The summed E-state index contributed by atoms with van der Waals surface area (Å²) in [6.07, 6.45) is 1.67. The van der Waals surface area contributed by atoms with Crippen LogP contribution in [0.4, 0.5) is 5.82 Å². The Morgan fingerprint density at radius 3 is 2.80 bits per heavy atom. The highest BCUT2D eigenvalue weighted by molar-refractivity contribution is 7.99. The molecule has 2 aromatic rings. The van der Waals surface area contributed by atoms with Gasteiger partial charge in [0.2, 0.25) is 0 Å². The normalized spacial score (nSPS) is 10.8. The van der Waals surface area contributed by atoms with E-state index in [9.17, 15) is 4.79 Å². The summed E-state index contributed by atoms with van der Waals surface area (Å²) in [5, 5.41) is 1.47. The number of nitrogen functional groups attached to an aromatic ring is 1. The van der Waals surface area contributed by atoms with Crippen LogP contribution in [0.2, 0.25) is 5.15 Å². The number of aryl methyl sites for hydroxylation is 1. The summed E-state index contributed by atoms with van der Waals surface area (Å²) in [6.45, 7) is 3.87. The lowest BCUT2D eigenvalue weighted by Crippen LogP contribution is -2.09. The SMILES string of the molecule is CCCc1nc(Cl)c(C)c(Sc2nc(N)cc(=O)[nH]2)n1. The van der Waals surface area contributed by atoms with Crippen molar-refractivity contribution in [2.24, 2.45) is 0 Å². The fourth-order valence-electron chi connectivity index (χ4n) is 1.54. The minimum absolute atomic E-state index is 0.169. The summed E-state index contributed by atoms with van der Waals surface area (Å²) in [5.74, 6) is 0.847. The van der Waals surface area contributed by atoms with Gasteiger partial charge >= 0.3 is 0 Å². The monoisotopic (exact) mass is 311 g/mol. The molecule has 2 heterocycles. The van der Waals surface area contributed by atoms with Crippen molar-refractivity contribution >= 4 is 29.2 Å². The van der Waals surface area contributed by atoms with Crippen LogP contribution in [0.3, 0.4) is 0 Å². The first kappa shape index (κ1) is 14.8. The number of nitrogens with one attached hydrogen (secondary N) is 1. The maximum atomic E-state index is 11.4. The van der Waals surface area contributed by atoms with E-state index in [4.69, 9.17) is 17.3 Å². The highest BCUT2D eigenvalue weighted by atomic mass is 35.5. The smallest absolute Gasteiger partial charge is 0.253 e. The van der Waals surface area contributed by atoms with E-state index in [0.29, 0.717) is 21.2 Å². The van der Waals surface area contributed by atoms with Crippen molar-refractivity contribution in [3.05, 3.63) is 33.0 Å². The van der Waals surface area contributed by atoms with Gasteiger partial charge in [-0.05, 0) is 25.1 Å². The Kier molecular flexibility index (Phi) is 4.61. The molecule has 0 bridgehead atoms. The lowest BCUT2D eigenvalue weighted by Gasteiger charge is -2.08. The van der Waals surface area contributed by atoms with Crippen molar-refractivity contribution < 1.29 is 0 Å². The summed E-state index contributed by atoms with van der Waals surface area (Å²) >= 11 is 7.32. The molecule has 20 heavy (non-hydrogen) atoms. The van der Waals surface area contributed by atoms with Crippen molar-refractivity contribution in [3.63, 3.8) is 0 Å². The fourth-order valence-corrected chi connectivity index (χ4v) is 2.67. The van der Waals surface area contributed by atoms with Crippen LogP contribution >= 0.6 is 23.4 Å². The highest BCUT2D eigenvalue weighted by Gasteiger charge is 2.12. The summed E-state index contributed by atoms with van der Waals surface area (Å²) in [5.41, 5.74) is 6.01. The van der Waals surface area contributed by atoms with Gasteiger partial charge < -0.3 is 10.7 Å². The van der Waals surface area contributed by atoms with E-state index < -0.39 is 0 Å². The summed E-state index contributed by atoms with van der Waals surface area (Å²) in [7, 11) is 0. The number of rotatable bonds is 4. The predicted molar refractivity (Wildman–Crippen MR) is 79.2 cm³/mol. The van der Waals surface area contributed by atoms with Crippen molar-refractivity contribution in [2.45, 2.75) is 36.9 Å². The van der Waals surface area contributed by atoms with Gasteiger partial charge in [0, 0.05) is 18.1 Å². The molecule has 0 aliphatic heterocycles. The number of H-pyrrole nitrogens is 1. The second kappa shape index (κ2) is 6.23. The fraction of sp³-hybridized carbons (Fsp3) is 0.333. The summed E-state index contributed by atoms with van der Waals surface area (Å²) < 4.78 is 0. The van der Waals surface area contributed by atoms with Crippen molar-refractivity contribution in [1.82, 2.24) is 19.9 Å². The van der Waals surface area contributed by atoms with Gasteiger partial charge in [-0.3, -0.25) is 4.79 Å². The second-order valence-corrected chi connectivity index (χ2v) is 5.52. The van der Waals surface area contributed by atoms with E-state index in [2.05, 4.69) is 19.9 Å². The number of nitrogens with zero attached hydrogens (tertiary/aromatic N) is 3. The second-order valence-electron chi connectivity index (χ2n) is 4.19. The number of nitrogens with two attached hydrogens (primary N) is 1.